The molecular weight excluding hydrogens is 486 g/mol. The van der Waals surface area contributed by atoms with Crippen molar-refractivity contribution in [3.05, 3.63) is 42.9 Å². The molecule has 11 nitrogen and oxygen atoms in total. The Morgan fingerprint density at radius 1 is 1.03 bits per heavy atom. The molecule has 3 aliphatic heterocycles. The zero-order valence-electron chi connectivity index (χ0n) is 20.9. The molecule has 2 unspecified atom stereocenters. The highest BCUT2D eigenvalue weighted by molar-refractivity contribution is 6.01. The first-order valence-electron chi connectivity index (χ1n) is 13.3. The summed E-state index contributed by atoms with van der Waals surface area (Å²) in [6.45, 7) is 0.774. The Kier molecular flexibility index (Phi) is 5.72. The number of carboxylic acid groups (broad SMARTS) is 1. The number of H-pyrrole nitrogens is 1. The lowest BCUT2D eigenvalue weighted by atomic mass is 10.00. The van der Waals surface area contributed by atoms with Gasteiger partial charge in [0, 0.05) is 60.3 Å². The summed E-state index contributed by atoms with van der Waals surface area (Å²) in [6.07, 6.45) is 11.2. The molecular formula is C27H29N7O4. The third-order valence-electron chi connectivity index (χ3n) is 8.09. The van der Waals surface area contributed by atoms with Gasteiger partial charge in [0.15, 0.2) is 0 Å². The van der Waals surface area contributed by atoms with Gasteiger partial charge in [-0.1, -0.05) is 6.07 Å². The first-order valence-corrected chi connectivity index (χ1v) is 13.3. The van der Waals surface area contributed by atoms with Crippen LogP contribution in [0.15, 0.2) is 42.9 Å². The molecule has 196 valence electrons. The Balaban J connectivity index is 1.09. The van der Waals surface area contributed by atoms with Gasteiger partial charge < -0.3 is 19.5 Å². The minimum Gasteiger partial charge on any atom is -0.473 e. The smallest absolute Gasteiger partial charge is 0.407 e. The Labute approximate surface area is 218 Å². The number of fused-ring (bicyclic) bond motifs is 3. The summed E-state index contributed by atoms with van der Waals surface area (Å²) >= 11 is 0. The number of amides is 1. The molecule has 2 bridgehead atoms. The number of rotatable bonds is 5. The van der Waals surface area contributed by atoms with Crippen LogP contribution < -0.4 is 4.74 Å². The molecule has 0 spiro atoms. The number of carbonyl (C=O) groups is 1. The molecule has 2 N–H and O–H groups in total. The molecule has 6 heterocycles. The van der Waals surface area contributed by atoms with E-state index in [0.717, 1.165) is 66.3 Å². The molecule has 1 amide bonds. The second-order valence-electron chi connectivity index (χ2n) is 10.4. The average Bonchev–Trinajstić information content (AvgIpc) is 3.68. The van der Waals surface area contributed by atoms with Crippen molar-refractivity contribution in [1.29, 1.82) is 0 Å². The zero-order chi connectivity index (χ0) is 25.6. The average molecular weight is 516 g/mol. The van der Waals surface area contributed by atoms with E-state index >= 15 is 0 Å². The molecule has 3 aromatic heterocycles. The number of hydrogen-bond donors (Lipinski definition) is 2. The number of ether oxygens (including phenoxy) is 2. The highest BCUT2D eigenvalue weighted by Crippen LogP contribution is 2.38. The molecule has 3 fully saturated rings. The fraction of sp³-hybridized carbons (Fsp3) is 0.444. The van der Waals surface area contributed by atoms with Crippen molar-refractivity contribution < 1.29 is 19.4 Å². The summed E-state index contributed by atoms with van der Waals surface area (Å²) in [7, 11) is 0. The fourth-order valence-electron chi connectivity index (χ4n) is 6.30. The molecule has 0 radical (unpaired) electrons. The lowest BCUT2D eigenvalue weighted by Crippen LogP contribution is -2.48. The van der Waals surface area contributed by atoms with E-state index in [0.29, 0.717) is 24.4 Å². The van der Waals surface area contributed by atoms with Gasteiger partial charge >= 0.3 is 6.09 Å². The van der Waals surface area contributed by atoms with Crippen molar-refractivity contribution in [3.63, 3.8) is 0 Å². The fourth-order valence-corrected chi connectivity index (χ4v) is 6.30. The van der Waals surface area contributed by atoms with Gasteiger partial charge in [-0.3, -0.25) is 5.10 Å². The summed E-state index contributed by atoms with van der Waals surface area (Å²) in [5.41, 5.74) is 4.54. The maximum absolute atomic E-state index is 11.5. The molecule has 4 aromatic rings. The number of benzene rings is 1. The molecule has 0 aliphatic carbocycles. The molecule has 0 saturated carbocycles. The van der Waals surface area contributed by atoms with E-state index in [-0.39, 0.29) is 24.4 Å². The number of piperidine rings is 1. The van der Waals surface area contributed by atoms with Crippen LogP contribution in [0.1, 0.15) is 51.2 Å². The van der Waals surface area contributed by atoms with E-state index in [9.17, 15) is 9.90 Å². The van der Waals surface area contributed by atoms with Crippen molar-refractivity contribution in [1.82, 2.24) is 35.1 Å². The second kappa shape index (κ2) is 9.39. The van der Waals surface area contributed by atoms with Gasteiger partial charge in [-0.25, -0.2) is 9.48 Å². The summed E-state index contributed by atoms with van der Waals surface area (Å²) < 4.78 is 13.9. The van der Waals surface area contributed by atoms with E-state index in [1.54, 1.807) is 4.90 Å². The minimum atomic E-state index is -0.830. The molecule has 4 atom stereocenters. The lowest BCUT2D eigenvalue weighted by molar-refractivity contribution is -0.0394. The highest BCUT2D eigenvalue weighted by atomic mass is 16.5. The Bertz CT molecular complexity index is 1450. The van der Waals surface area contributed by atoms with Crippen molar-refractivity contribution >= 4 is 17.0 Å². The Hall–Kier alpha value is -3.99. The molecule has 11 heteroatoms. The number of hydrogen-bond acceptors (Lipinski definition) is 7. The number of aromatic amines is 1. The van der Waals surface area contributed by atoms with Crippen molar-refractivity contribution in [2.75, 3.05) is 6.61 Å². The predicted molar refractivity (Wildman–Crippen MR) is 138 cm³/mol. The van der Waals surface area contributed by atoms with Crippen LogP contribution in [0.25, 0.3) is 33.3 Å². The summed E-state index contributed by atoms with van der Waals surface area (Å²) in [5, 5.41) is 31.2. The van der Waals surface area contributed by atoms with E-state index < -0.39 is 6.09 Å². The van der Waals surface area contributed by atoms with Crippen molar-refractivity contribution in [3.8, 4) is 28.3 Å². The van der Waals surface area contributed by atoms with E-state index in [1.165, 1.54) is 0 Å². The SMILES string of the molecule is O=C(O)N1[C@@H]2CC[C@H]1CC(Oc1ccc(-c3ccc(-c4cnn(C5CCCCO5)c4)c4cn[nH]c34)nn1)C2. The summed E-state index contributed by atoms with van der Waals surface area (Å²) in [4.78, 5) is 13.1. The number of nitrogens with one attached hydrogen (secondary N) is 1. The van der Waals surface area contributed by atoms with Crippen molar-refractivity contribution in [2.45, 2.75) is 69.4 Å². The predicted octanol–water partition coefficient (Wildman–Crippen LogP) is 4.63. The minimum absolute atomic E-state index is 0.00695. The van der Waals surface area contributed by atoms with Crippen LogP contribution in [0.5, 0.6) is 5.88 Å². The van der Waals surface area contributed by atoms with Crippen LogP contribution in [0, 0.1) is 0 Å². The third-order valence-corrected chi connectivity index (χ3v) is 8.09. The third kappa shape index (κ3) is 4.07. The zero-order valence-corrected chi connectivity index (χ0v) is 20.9. The van der Waals surface area contributed by atoms with E-state index in [2.05, 4.69) is 31.6 Å². The number of aromatic nitrogens is 6. The highest BCUT2D eigenvalue weighted by Gasteiger charge is 2.44. The Morgan fingerprint density at radius 2 is 1.87 bits per heavy atom. The maximum Gasteiger partial charge on any atom is 0.407 e. The summed E-state index contributed by atoms with van der Waals surface area (Å²) in [5.74, 6) is 0.455. The quantitative estimate of drug-likeness (QED) is 0.393. The number of nitrogens with zero attached hydrogens (tertiary/aromatic N) is 6. The first kappa shape index (κ1) is 23.2. The van der Waals surface area contributed by atoms with Crippen LogP contribution in [0.3, 0.4) is 0 Å². The Morgan fingerprint density at radius 3 is 2.61 bits per heavy atom. The van der Waals surface area contributed by atoms with E-state index in [4.69, 9.17) is 9.47 Å². The molecule has 3 saturated heterocycles. The van der Waals surface area contributed by atoms with Crippen LogP contribution in [-0.2, 0) is 4.74 Å². The molecule has 3 aliphatic rings. The lowest BCUT2D eigenvalue weighted by Gasteiger charge is -2.36. The van der Waals surface area contributed by atoms with Gasteiger partial charge in [0.2, 0.25) is 5.88 Å². The van der Waals surface area contributed by atoms with Gasteiger partial charge in [0.1, 0.15) is 12.3 Å². The van der Waals surface area contributed by atoms with Crippen molar-refractivity contribution in [2.24, 2.45) is 0 Å². The maximum atomic E-state index is 11.5. The van der Waals surface area contributed by atoms with Gasteiger partial charge in [-0.2, -0.15) is 10.2 Å². The normalized spacial score (nSPS) is 25.1. The van der Waals surface area contributed by atoms with E-state index in [1.807, 2.05) is 41.5 Å². The topological polar surface area (TPSA) is 131 Å². The van der Waals surface area contributed by atoms with Gasteiger partial charge in [-0.05, 0) is 49.8 Å². The molecule has 38 heavy (non-hydrogen) atoms. The summed E-state index contributed by atoms with van der Waals surface area (Å²) in [6, 6.07) is 7.87. The van der Waals surface area contributed by atoms with Crippen LogP contribution in [0.2, 0.25) is 0 Å². The molecule has 1 aromatic carbocycles. The standard InChI is InChI=1S/C27H29N7O4/c35-27(36)34-17-4-5-18(34)12-19(11-17)38-24-9-8-23(30-31-24)21-7-6-20(22-14-28-32-26(21)22)16-13-29-33(15-16)25-3-1-2-10-37-25/h6-9,13-15,17-19,25H,1-5,10-12H2,(H,28,32)(H,35,36)/t17-,18+,19?,25?. The first-order chi connectivity index (χ1) is 18.6. The molecule has 7 rings (SSSR count). The monoisotopic (exact) mass is 515 g/mol. The van der Waals surface area contributed by atoms with Crippen LogP contribution >= 0.6 is 0 Å². The van der Waals surface area contributed by atoms with Gasteiger partial charge in [0.25, 0.3) is 0 Å². The van der Waals surface area contributed by atoms with Gasteiger partial charge in [-0.15, -0.1) is 10.2 Å². The largest absolute Gasteiger partial charge is 0.473 e. The van der Waals surface area contributed by atoms with Crippen LogP contribution in [0.4, 0.5) is 4.79 Å². The second-order valence-corrected chi connectivity index (χ2v) is 10.4. The van der Waals surface area contributed by atoms with Crippen LogP contribution in [-0.4, -0.2) is 71.1 Å². The van der Waals surface area contributed by atoms with Gasteiger partial charge in [0.05, 0.1) is 23.6 Å².